The molecule has 36 heavy (non-hydrogen) atoms. The monoisotopic (exact) mass is 493 g/mol. The highest BCUT2D eigenvalue weighted by atomic mass is 16.5. The number of aliphatic carboxylic acids is 1. The number of fused-ring (bicyclic) bond motifs is 1. The van der Waals surface area contributed by atoms with Crippen molar-refractivity contribution in [2.24, 2.45) is 5.73 Å². The number of piperidine rings is 1. The van der Waals surface area contributed by atoms with E-state index < -0.39 is 17.9 Å². The molecule has 0 aliphatic carbocycles. The Hall–Kier alpha value is -3.39. The summed E-state index contributed by atoms with van der Waals surface area (Å²) >= 11 is 0. The topological polar surface area (TPSA) is 113 Å². The Morgan fingerprint density at radius 1 is 1.08 bits per heavy atom. The summed E-state index contributed by atoms with van der Waals surface area (Å²) in [5.41, 5.74) is 8.94. The van der Waals surface area contributed by atoms with Crippen LogP contribution in [0.3, 0.4) is 0 Å². The minimum absolute atomic E-state index is 0.0259. The lowest BCUT2D eigenvalue weighted by Gasteiger charge is -2.39. The highest BCUT2D eigenvalue weighted by Crippen LogP contribution is 2.33. The molecule has 4 rings (SSSR count). The molecule has 1 fully saturated rings. The van der Waals surface area contributed by atoms with Gasteiger partial charge in [-0.2, -0.15) is 0 Å². The maximum Gasteiger partial charge on any atom is 0.303 e. The Morgan fingerprint density at radius 2 is 1.75 bits per heavy atom. The largest absolute Gasteiger partial charge is 0.489 e. The molecule has 2 heterocycles. The lowest BCUT2D eigenvalue weighted by atomic mass is 9.96. The van der Waals surface area contributed by atoms with E-state index in [1.807, 2.05) is 0 Å². The fourth-order valence-corrected chi connectivity index (χ4v) is 5.32. The molecule has 0 radical (unpaired) electrons. The molecule has 2 aromatic carbocycles. The van der Waals surface area contributed by atoms with Crippen LogP contribution in [0.2, 0.25) is 0 Å². The third-order valence-corrected chi connectivity index (χ3v) is 7.45. The first-order chi connectivity index (χ1) is 17.2. The van der Waals surface area contributed by atoms with E-state index in [1.165, 1.54) is 29.7 Å². The van der Waals surface area contributed by atoms with E-state index in [-0.39, 0.29) is 25.3 Å². The molecule has 0 saturated carbocycles. The Balaban J connectivity index is 1.41. The van der Waals surface area contributed by atoms with Crippen molar-refractivity contribution in [3.63, 3.8) is 0 Å². The zero-order valence-electron chi connectivity index (χ0n) is 21.0. The van der Waals surface area contributed by atoms with Gasteiger partial charge in [-0.3, -0.25) is 19.3 Å². The first-order valence-corrected chi connectivity index (χ1v) is 12.6. The smallest absolute Gasteiger partial charge is 0.303 e. The van der Waals surface area contributed by atoms with Gasteiger partial charge in [-0.25, -0.2) is 0 Å². The Bertz CT molecular complexity index is 1110. The van der Waals surface area contributed by atoms with Gasteiger partial charge in [0.1, 0.15) is 18.4 Å². The van der Waals surface area contributed by atoms with Crippen molar-refractivity contribution in [1.82, 2.24) is 9.80 Å². The SMILES string of the molecule is CC1CCCC(C)N1Cc1ccc(COc2cccc3c2CN(C(CCC(=O)O)C(N)=O)C3=O)cc1. The van der Waals surface area contributed by atoms with Crippen molar-refractivity contribution < 1.29 is 24.2 Å². The summed E-state index contributed by atoms with van der Waals surface area (Å²) in [6.07, 6.45) is 3.52. The first kappa shape index (κ1) is 25.7. The number of hydrogen-bond acceptors (Lipinski definition) is 5. The van der Waals surface area contributed by atoms with Crippen molar-refractivity contribution in [3.8, 4) is 5.75 Å². The third kappa shape index (κ3) is 5.70. The summed E-state index contributed by atoms with van der Waals surface area (Å²) in [4.78, 5) is 39.9. The summed E-state index contributed by atoms with van der Waals surface area (Å²) < 4.78 is 6.09. The van der Waals surface area contributed by atoms with E-state index in [2.05, 4.69) is 43.0 Å². The van der Waals surface area contributed by atoms with Crippen molar-refractivity contribution in [2.45, 2.75) is 83.8 Å². The molecule has 2 aromatic rings. The van der Waals surface area contributed by atoms with E-state index in [0.29, 0.717) is 35.6 Å². The average Bonchev–Trinajstić information content (AvgIpc) is 3.17. The van der Waals surface area contributed by atoms with Gasteiger partial charge in [-0.05, 0) is 56.4 Å². The quantitative estimate of drug-likeness (QED) is 0.522. The second-order valence-electron chi connectivity index (χ2n) is 9.97. The zero-order chi connectivity index (χ0) is 25.8. The fraction of sp³-hybridized carbons (Fsp3) is 0.464. The van der Waals surface area contributed by atoms with E-state index in [4.69, 9.17) is 15.6 Å². The number of rotatable bonds is 10. The van der Waals surface area contributed by atoms with Crippen LogP contribution in [0.25, 0.3) is 0 Å². The minimum atomic E-state index is -1.04. The van der Waals surface area contributed by atoms with E-state index in [9.17, 15) is 14.4 Å². The van der Waals surface area contributed by atoms with Crippen molar-refractivity contribution in [2.75, 3.05) is 0 Å². The number of primary amides is 1. The van der Waals surface area contributed by atoms with Crippen LogP contribution in [-0.4, -0.2) is 50.8 Å². The average molecular weight is 494 g/mol. The molecule has 2 amide bonds. The van der Waals surface area contributed by atoms with E-state index in [1.54, 1.807) is 18.2 Å². The van der Waals surface area contributed by atoms with Crippen LogP contribution in [0, 0.1) is 0 Å². The number of carbonyl (C=O) groups is 3. The number of ether oxygens (including phenoxy) is 1. The molecular weight excluding hydrogens is 458 g/mol. The molecule has 2 aliphatic heterocycles. The van der Waals surface area contributed by atoms with Gasteiger partial charge in [0, 0.05) is 36.2 Å². The van der Waals surface area contributed by atoms with Crippen LogP contribution in [0.1, 0.15) is 73.0 Å². The molecule has 1 saturated heterocycles. The van der Waals surface area contributed by atoms with Crippen LogP contribution in [0.4, 0.5) is 0 Å². The molecule has 3 atom stereocenters. The predicted octanol–water partition coefficient (Wildman–Crippen LogP) is 3.70. The molecular formula is C28H35N3O5. The van der Waals surface area contributed by atoms with Gasteiger partial charge in [-0.1, -0.05) is 36.8 Å². The summed E-state index contributed by atoms with van der Waals surface area (Å²) in [6.45, 7) is 6.05. The second-order valence-corrected chi connectivity index (χ2v) is 9.97. The van der Waals surface area contributed by atoms with Crippen molar-refractivity contribution in [3.05, 3.63) is 64.7 Å². The Labute approximate surface area is 212 Å². The highest BCUT2D eigenvalue weighted by Gasteiger charge is 2.37. The lowest BCUT2D eigenvalue weighted by molar-refractivity contribution is -0.137. The second kappa shape index (κ2) is 11.1. The molecule has 3 unspecified atom stereocenters. The molecule has 192 valence electrons. The number of likely N-dealkylation sites (tertiary alicyclic amines) is 1. The molecule has 3 N–H and O–H groups in total. The number of nitrogens with zero attached hydrogens (tertiary/aromatic N) is 2. The minimum Gasteiger partial charge on any atom is -0.489 e. The number of carboxylic acids is 1. The van der Waals surface area contributed by atoms with Crippen molar-refractivity contribution in [1.29, 1.82) is 0 Å². The number of carbonyl (C=O) groups excluding carboxylic acids is 2. The van der Waals surface area contributed by atoms with Gasteiger partial charge in [-0.15, -0.1) is 0 Å². The van der Waals surface area contributed by atoms with Crippen LogP contribution in [0.15, 0.2) is 42.5 Å². The first-order valence-electron chi connectivity index (χ1n) is 12.6. The maximum absolute atomic E-state index is 13.0. The van der Waals surface area contributed by atoms with Gasteiger partial charge in [0.05, 0.1) is 6.54 Å². The molecule has 0 spiro atoms. The standard InChI is InChI=1S/C28H35N3O5/c1-18-5-3-6-19(2)30(18)15-20-9-11-21(12-10-20)17-36-25-8-4-7-22-23(25)16-31(28(22)35)24(27(29)34)13-14-26(32)33/h4,7-12,18-19,24H,3,5-6,13-17H2,1-2H3,(H2,29,34)(H,32,33). The lowest BCUT2D eigenvalue weighted by Crippen LogP contribution is -2.45. The summed E-state index contributed by atoms with van der Waals surface area (Å²) in [6, 6.07) is 13.9. The predicted molar refractivity (Wildman–Crippen MR) is 135 cm³/mol. The number of hydrogen-bond donors (Lipinski definition) is 2. The molecule has 2 aliphatic rings. The molecule has 8 heteroatoms. The molecule has 8 nitrogen and oxygen atoms in total. The summed E-state index contributed by atoms with van der Waals surface area (Å²) in [5.74, 6) is -1.52. The third-order valence-electron chi connectivity index (χ3n) is 7.45. The molecule has 0 aromatic heterocycles. The summed E-state index contributed by atoms with van der Waals surface area (Å²) in [7, 11) is 0. The normalized spacial score (nSPS) is 20.7. The zero-order valence-corrected chi connectivity index (χ0v) is 21.0. The van der Waals surface area contributed by atoms with Gasteiger partial charge < -0.3 is 20.5 Å². The van der Waals surface area contributed by atoms with Crippen molar-refractivity contribution >= 4 is 17.8 Å². The van der Waals surface area contributed by atoms with Gasteiger partial charge in [0.2, 0.25) is 5.91 Å². The van der Waals surface area contributed by atoms with E-state index >= 15 is 0 Å². The van der Waals surface area contributed by atoms with Crippen LogP contribution in [-0.2, 0) is 29.3 Å². The summed E-state index contributed by atoms with van der Waals surface area (Å²) in [5, 5.41) is 8.99. The van der Waals surface area contributed by atoms with Gasteiger partial charge in [0.15, 0.2) is 0 Å². The van der Waals surface area contributed by atoms with Gasteiger partial charge >= 0.3 is 5.97 Å². The van der Waals surface area contributed by atoms with Crippen LogP contribution in [0.5, 0.6) is 5.75 Å². The van der Waals surface area contributed by atoms with Gasteiger partial charge in [0.25, 0.3) is 5.91 Å². The van der Waals surface area contributed by atoms with E-state index in [0.717, 1.165) is 12.1 Å². The maximum atomic E-state index is 13.0. The number of amides is 2. The number of carboxylic acid groups (broad SMARTS) is 1. The number of benzene rings is 2. The fourth-order valence-electron chi connectivity index (χ4n) is 5.32. The highest BCUT2D eigenvalue weighted by molar-refractivity contribution is 6.01. The molecule has 0 bridgehead atoms. The van der Waals surface area contributed by atoms with Crippen LogP contribution < -0.4 is 10.5 Å². The van der Waals surface area contributed by atoms with Crippen LogP contribution >= 0.6 is 0 Å². The Morgan fingerprint density at radius 3 is 2.39 bits per heavy atom. The number of nitrogens with two attached hydrogens (primary N) is 1. The Kier molecular flexibility index (Phi) is 7.94.